The summed E-state index contributed by atoms with van der Waals surface area (Å²) in [5.41, 5.74) is 2.70. The molecule has 150 valence electrons. The molecule has 0 unspecified atom stereocenters. The SMILES string of the molecule is COc1ccc(OC)c(Nc2nc(C)cc(C(=O)N(C)Cc3ccccc3)n2)c1. The number of hydrogen-bond donors (Lipinski definition) is 1. The van der Waals surface area contributed by atoms with Crippen LogP contribution in [0.25, 0.3) is 0 Å². The number of carbonyl (C=O) groups is 1. The van der Waals surface area contributed by atoms with Crippen LogP contribution in [0.3, 0.4) is 0 Å². The smallest absolute Gasteiger partial charge is 0.272 e. The second kappa shape index (κ2) is 9.05. The summed E-state index contributed by atoms with van der Waals surface area (Å²) in [6, 6.07) is 16.9. The monoisotopic (exact) mass is 392 g/mol. The molecule has 0 fully saturated rings. The summed E-state index contributed by atoms with van der Waals surface area (Å²) in [6.45, 7) is 2.32. The molecule has 0 aliphatic carbocycles. The van der Waals surface area contributed by atoms with Gasteiger partial charge in [-0.1, -0.05) is 30.3 Å². The molecule has 1 heterocycles. The zero-order chi connectivity index (χ0) is 20.8. The highest BCUT2D eigenvalue weighted by Crippen LogP contribution is 2.30. The zero-order valence-corrected chi connectivity index (χ0v) is 17.0. The van der Waals surface area contributed by atoms with Crippen molar-refractivity contribution in [1.82, 2.24) is 14.9 Å². The molecule has 3 aromatic rings. The number of amides is 1. The molecule has 7 nitrogen and oxygen atoms in total. The quantitative estimate of drug-likeness (QED) is 0.659. The van der Waals surface area contributed by atoms with E-state index in [1.165, 1.54) is 0 Å². The molecule has 2 aromatic carbocycles. The summed E-state index contributed by atoms with van der Waals surface area (Å²) >= 11 is 0. The third kappa shape index (κ3) is 5.01. The molecular weight excluding hydrogens is 368 g/mol. The minimum Gasteiger partial charge on any atom is -0.497 e. The van der Waals surface area contributed by atoms with E-state index in [9.17, 15) is 4.79 Å². The zero-order valence-electron chi connectivity index (χ0n) is 17.0. The first kappa shape index (κ1) is 20.1. The molecule has 0 atom stereocenters. The van der Waals surface area contributed by atoms with Gasteiger partial charge in [0.2, 0.25) is 5.95 Å². The highest BCUT2D eigenvalue weighted by Gasteiger charge is 2.16. The molecule has 0 bridgehead atoms. The Morgan fingerprint density at radius 3 is 2.48 bits per heavy atom. The summed E-state index contributed by atoms with van der Waals surface area (Å²) in [4.78, 5) is 23.3. The molecule has 0 radical (unpaired) electrons. The van der Waals surface area contributed by atoms with E-state index in [-0.39, 0.29) is 5.91 Å². The highest BCUT2D eigenvalue weighted by molar-refractivity contribution is 5.92. The Morgan fingerprint density at radius 2 is 1.79 bits per heavy atom. The Balaban J connectivity index is 1.84. The molecule has 0 saturated heterocycles. The summed E-state index contributed by atoms with van der Waals surface area (Å²) in [5.74, 6) is 1.41. The number of aromatic nitrogens is 2. The van der Waals surface area contributed by atoms with Crippen LogP contribution in [0.1, 0.15) is 21.7 Å². The van der Waals surface area contributed by atoms with Crippen LogP contribution in [0.15, 0.2) is 54.6 Å². The molecule has 0 spiro atoms. The summed E-state index contributed by atoms with van der Waals surface area (Å²) in [6.07, 6.45) is 0. The number of nitrogens with one attached hydrogen (secondary N) is 1. The van der Waals surface area contributed by atoms with Crippen molar-refractivity contribution in [3.8, 4) is 11.5 Å². The molecule has 0 saturated carbocycles. The number of nitrogens with zero attached hydrogens (tertiary/aromatic N) is 3. The van der Waals surface area contributed by atoms with Crippen molar-refractivity contribution in [1.29, 1.82) is 0 Å². The first-order chi connectivity index (χ1) is 14.0. The Bertz CT molecular complexity index is 993. The van der Waals surface area contributed by atoms with E-state index in [2.05, 4.69) is 15.3 Å². The van der Waals surface area contributed by atoms with Crippen molar-refractivity contribution in [2.24, 2.45) is 0 Å². The molecule has 0 aliphatic heterocycles. The lowest BCUT2D eigenvalue weighted by Gasteiger charge is -2.18. The molecule has 0 aliphatic rings. The van der Waals surface area contributed by atoms with Gasteiger partial charge < -0.3 is 19.7 Å². The number of rotatable bonds is 7. The third-order valence-corrected chi connectivity index (χ3v) is 4.34. The maximum Gasteiger partial charge on any atom is 0.272 e. The van der Waals surface area contributed by atoms with Crippen LogP contribution < -0.4 is 14.8 Å². The van der Waals surface area contributed by atoms with Crippen LogP contribution in [-0.4, -0.2) is 42.0 Å². The molecule has 3 rings (SSSR count). The second-order valence-electron chi connectivity index (χ2n) is 6.56. The number of ether oxygens (including phenoxy) is 2. The minimum atomic E-state index is -0.181. The first-order valence-electron chi connectivity index (χ1n) is 9.14. The highest BCUT2D eigenvalue weighted by atomic mass is 16.5. The van der Waals surface area contributed by atoms with E-state index in [1.807, 2.05) is 37.3 Å². The van der Waals surface area contributed by atoms with Crippen molar-refractivity contribution in [3.05, 3.63) is 71.5 Å². The van der Waals surface area contributed by atoms with Crippen molar-refractivity contribution >= 4 is 17.5 Å². The van der Waals surface area contributed by atoms with E-state index >= 15 is 0 Å². The average Bonchev–Trinajstić information content (AvgIpc) is 2.73. The van der Waals surface area contributed by atoms with Crippen LogP contribution >= 0.6 is 0 Å². The topological polar surface area (TPSA) is 76.6 Å². The van der Waals surface area contributed by atoms with Crippen LogP contribution in [-0.2, 0) is 6.54 Å². The fourth-order valence-electron chi connectivity index (χ4n) is 2.89. The van der Waals surface area contributed by atoms with Gasteiger partial charge in [0, 0.05) is 25.4 Å². The van der Waals surface area contributed by atoms with E-state index in [0.29, 0.717) is 41.1 Å². The van der Waals surface area contributed by atoms with Gasteiger partial charge in [0.1, 0.15) is 17.2 Å². The van der Waals surface area contributed by atoms with Crippen molar-refractivity contribution < 1.29 is 14.3 Å². The van der Waals surface area contributed by atoms with Crippen molar-refractivity contribution in [3.63, 3.8) is 0 Å². The number of aryl methyl sites for hydroxylation is 1. The average molecular weight is 392 g/mol. The lowest BCUT2D eigenvalue weighted by molar-refractivity contribution is 0.0779. The fraction of sp³-hybridized carbons (Fsp3) is 0.227. The maximum absolute atomic E-state index is 12.9. The number of methoxy groups -OCH3 is 2. The fourth-order valence-corrected chi connectivity index (χ4v) is 2.89. The molecule has 1 N–H and O–H groups in total. The number of benzene rings is 2. The van der Waals surface area contributed by atoms with Gasteiger partial charge in [0.25, 0.3) is 5.91 Å². The summed E-state index contributed by atoms with van der Waals surface area (Å²) in [7, 11) is 4.93. The molecule has 1 amide bonds. The van der Waals surface area contributed by atoms with E-state index < -0.39 is 0 Å². The molecule has 29 heavy (non-hydrogen) atoms. The van der Waals surface area contributed by atoms with Crippen LogP contribution in [0.2, 0.25) is 0 Å². The predicted molar refractivity (Wildman–Crippen MR) is 112 cm³/mol. The first-order valence-corrected chi connectivity index (χ1v) is 9.14. The normalized spacial score (nSPS) is 10.3. The molecule has 7 heteroatoms. The Hall–Kier alpha value is -3.61. The maximum atomic E-state index is 12.9. The van der Waals surface area contributed by atoms with Gasteiger partial charge in [-0.15, -0.1) is 0 Å². The van der Waals surface area contributed by atoms with Gasteiger partial charge in [-0.25, -0.2) is 9.97 Å². The van der Waals surface area contributed by atoms with Crippen molar-refractivity contribution in [2.75, 3.05) is 26.6 Å². The van der Waals surface area contributed by atoms with Gasteiger partial charge >= 0.3 is 0 Å². The third-order valence-electron chi connectivity index (χ3n) is 4.34. The van der Waals surface area contributed by atoms with E-state index in [0.717, 1.165) is 5.56 Å². The Labute approximate surface area is 170 Å². The van der Waals surface area contributed by atoms with Crippen LogP contribution in [0.5, 0.6) is 11.5 Å². The number of hydrogen-bond acceptors (Lipinski definition) is 6. The van der Waals surface area contributed by atoms with Crippen molar-refractivity contribution in [2.45, 2.75) is 13.5 Å². The van der Waals surface area contributed by atoms with E-state index in [4.69, 9.17) is 9.47 Å². The lowest BCUT2D eigenvalue weighted by atomic mass is 10.2. The predicted octanol–water partition coefficient (Wildman–Crippen LogP) is 3.82. The van der Waals surface area contributed by atoms with E-state index in [1.54, 1.807) is 50.4 Å². The van der Waals surface area contributed by atoms with Crippen LogP contribution in [0.4, 0.5) is 11.6 Å². The largest absolute Gasteiger partial charge is 0.497 e. The number of carbonyl (C=O) groups excluding carboxylic acids is 1. The van der Waals surface area contributed by atoms with Crippen LogP contribution in [0, 0.1) is 6.92 Å². The van der Waals surface area contributed by atoms with Gasteiger partial charge in [-0.2, -0.15) is 0 Å². The van der Waals surface area contributed by atoms with Gasteiger partial charge in [0.15, 0.2) is 0 Å². The Kier molecular flexibility index (Phi) is 6.29. The standard InChI is InChI=1S/C22H24N4O3/c1-15-12-19(21(27)26(2)14-16-8-6-5-7-9-16)25-22(23-15)24-18-13-17(28-3)10-11-20(18)29-4/h5-13H,14H2,1-4H3,(H,23,24,25). The van der Waals surface area contributed by atoms with Gasteiger partial charge in [-0.3, -0.25) is 4.79 Å². The minimum absolute atomic E-state index is 0.181. The summed E-state index contributed by atoms with van der Waals surface area (Å²) < 4.78 is 10.6. The molecular formula is C22H24N4O3. The van der Waals surface area contributed by atoms with Gasteiger partial charge in [-0.05, 0) is 30.7 Å². The second-order valence-corrected chi connectivity index (χ2v) is 6.56. The lowest BCUT2D eigenvalue weighted by Crippen LogP contribution is -2.27. The summed E-state index contributed by atoms with van der Waals surface area (Å²) in [5, 5.41) is 3.12. The molecule has 1 aromatic heterocycles. The Morgan fingerprint density at radius 1 is 1.03 bits per heavy atom. The van der Waals surface area contributed by atoms with Gasteiger partial charge in [0.05, 0.1) is 19.9 Å². The number of anilines is 2.